The predicted octanol–water partition coefficient (Wildman–Crippen LogP) is 1.43. The lowest BCUT2D eigenvalue weighted by molar-refractivity contribution is 0.0170. The molecule has 0 atom stereocenters. The summed E-state index contributed by atoms with van der Waals surface area (Å²) in [5.41, 5.74) is 4.88. The molecule has 0 saturated carbocycles. The summed E-state index contributed by atoms with van der Waals surface area (Å²) >= 11 is 0. The predicted molar refractivity (Wildman–Crippen MR) is 67.6 cm³/mol. The van der Waals surface area contributed by atoms with Gasteiger partial charge in [-0.1, -0.05) is 12.1 Å². The van der Waals surface area contributed by atoms with E-state index in [1.54, 1.807) is 4.72 Å². The van der Waals surface area contributed by atoms with Crippen LogP contribution in [0, 0.1) is 12.7 Å². The van der Waals surface area contributed by atoms with E-state index in [1.807, 2.05) is 0 Å². The molecule has 0 aliphatic rings. The van der Waals surface area contributed by atoms with Gasteiger partial charge in [0.05, 0.1) is 13.1 Å². The number of sulfonamides is 1. The number of benzene rings is 1. The van der Waals surface area contributed by atoms with Crippen molar-refractivity contribution in [2.45, 2.75) is 17.7 Å². The number of halogens is 4. The van der Waals surface area contributed by atoms with Crippen molar-refractivity contribution in [3.05, 3.63) is 29.6 Å². The van der Waals surface area contributed by atoms with Gasteiger partial charge in [-0.15, -0.1) is 12.4 Å². The lowest BCUT2D eigenvalue weighted by Crippen LogP contribution is -2.41. The van der Waals surface area contributed by atoms with Gasteiger partial charge in [0.25, 0.3) is 5.92 Å². The summed E-state index contributed by atoms with van der Waals surface area (Å²) in [6, 6.07) is 3.71. The van der Waals surface area contributed by atoms with Crippen LogP contribution in [0.2, 0.25) is 0 Å². The number of nitrogens with two attached hydrogens (primary N) is 1. The van der Waals surface area contributed by atoms with E-state index in [9.17, 15) is 21.6 Å². The minimum absolute atomic E-state index is 0. The van der Waals surface area contributed by atoms with Crippen molar-refractivity contribution in [1.82, 2.24) is 4.72 Å². The van der Waals surface area contributed by atoms with Gasteiger partial charge in [0, 0.05) is 0 Å². The van der Waals surface area contributed by atoms with Crippen LogP contribution in [0.5, 0.6) is 0 Å². The van der Waals surface area contributed by atoms with Crippen molar-refractivity contribution >= 4 is 22.4 Å². The first kappa shape index (κ1) is 18.2. The highest BCUT2D eigenvalue weighted by atomic mass is 35.5. The van der Waals surface area contributed by atoms with Crippen molar-refractivity contribution in [1.29, 1.82) is 0 Å². The number of nitrogens with one attached hydrogen (secondary N) is 1. The van der Waals surface area contributed by atoms with Crippen molar-refractivity contribution < 1.29 is 21.6 Å². The standard InChI is InChI=1S/C10H13F3N2O2S.ClH/c1-7-3-2-4-8(9(7)11)18(16,17)15-6-10(12,13)5-14;/h2-4,15H,5-6,14H2,1H3;1H. The van der Waals surface area contributed by atoms with Crippen LogP contribution in [0.4, 0.5) is 13.2 Å². The molecule has 0 fully saturated rings. The summed E-state index contributed by atoms with van der Waals surface area (Å²) in [6.45, 7) is -0.784. The van der Waals surface area contributed by atoms with Gasteiger partial charge in [-0.25, -0.2) is 26.3 Å². The molecule has 0 unspecified atom stereocenters. The lowest BCUT2D eigenvalue weighted by atomic mass is 10.2. The number of hydrogen-bond acceptors (Lipinski definition) is 3. The lowest BCUT2D eigenvalue weighted by Gasteiger charge is -2.15. The molecule has 4 nitrogen and oxygen atoms in total. The van der Waals surface area contributed by atoms with Crippen molar-refractivity contribution in [2.24, 2.45) is 5.73 Å². The van der Waals surface area contributed by atoms with E-state index in [4.69, 9.17) is 5.73 Å². The number of rotatable bonds is 5. The fourth-order valence-electron chi connectivity index (χ4n) is 1.18. The van der Waals surface area contributed by atoms with Crippen molar-refractivity contribution in [3.63, 3.8) is 0 Å². The monoisotopic (exact) mass is 318 g/mol. The Morgan fingerprint density at radius 1 is 1.37 bits per heavy atom. The molecule has 1 aromatic carbocycles. The molecule has 0 heterocycles. The van der Waals surface area contributed by atoms with Gasteiger partial charge in [-0.05, 0) is 18.6 Å². The molecular weight excluding hydrogens is 305 g/mol. The minimum Gasteiger partial charge on any atom is -0.325 e. The highest BCUT2D eigenvalue weighted by Gasteiger charge is 2.30. The number of hydrogen-bond donors (Lipinski definition) is 2. The summed E-state index contributed by atoms with van der Waals surface area (Å²) in [7, 11) is -4.32. The average Bonchev–Trinajstić information content (AvgIpc) is 2.30. The molecule has 9 heteroatoms. The highest BCUT2D eigenvalue weighted by molar-refractivity contribution is 7.89. The summed E-state index contributed by atoms with van der Waals surface area (Å²) in [6.07, 6.45) is 0. The second-order valence-electron chi connectivity index (χ2n) is 3.77. The Hall–Kier alpha value is -0.830. The van der Waals surface area contributed by atoms with Crippen LogP contribution in [0.15, 0.2) is 23.1 Å². The van der Waals surface area contributed by atoms with Crippen LogP contribution in [0.25, 0.3) is 0 Å². The minimum atomic E-state index is -4.32. The Labute approximate surface area is 115 Å². The van der Waals surface area contributed by atoms with E-state index in [2.05, 4.69) is 0 Å². The first-order valence-corrected chi connectivity index (χ1v) is 6.50. The van der Waals surface area contributed by atoms with Crippen LogP contribution in [-0.4, -0.2) is 27.4 Å². The molecule has 0 aromatic heterocycles. The van der Waals surface area contributed by atoms with E-state index in [0.717, 1.165) is 6.07 Å². The van der Waals surface area contributed by atoms with E-state index in [-0.39, 0.29) is 18.0 Å². The Bertz CT molecular complexity index is 538. The molecule has 110 valence electrons. The summed E-state index contributed by atoms with van der Waals surface area (Å²) in [4.78, 5) is -0.657. The van der Waals surface area contributed by atoms with E-state index in [0.29, 0.717) is 0 Å². The highest BCUT2D eigenvalue weighted by Crippen LogP contribution is 2.18. The molecule has 0 bridgehead atoms. The fourth-order valence-corrected chi connectivity index (χ4v) is 2.39. The van der Waals surface area contributed by atoms with Gasteiger partial charge in [-0.2, -0.15) is 0 Å². The first-order chi connectivity index (χ1) is 8.19. The molecule has 0 spiro atoms. The second kappa shape index (κ2) is 6.56. The van der Waals surface area contributed by atoms with Gasteiger partial charge < -0.3 is 5.73 Å². The first-order valence-electron chi connectivity index (χ1n) is 5.02. The number of aryl methyl sites for hydroxylation is 1. The smallest absolute Gasteiger partial charge is 0.273 e. The van der Waals surface area contributed by atoms with E-state index < -0.39 is 39.7 Å². The Morgan fingerprint density at radius 3 is 2.47 bits per heavy atom. The van der Waals surface area contributed by atoms with Crippen LogP contribution in [-0.2, 0) is 10.0 Å². The average molecular weight is 319 g/mol. The quantitative estimate of drug-likeness (QED) is 0.862. The topological polar surface area (TPSA) is 72.2 Å². The largest absolute Gasteiger partial charge is 0.325 e. The maximum atomic E-state index is 13.6. The van der Waals surface area contributed by atoms with Gasteiger partial charge in [0.2, 0.25) is 10.0 Å². The molecule has 0 aliphatic carbocycles. The molecule has 3 N–H and O–H groups in total. The van der Waals surface area contributed by atoms with Crippen molar-refractivity contribution in [3.8, 4) is 0 Å². The maximum Gasteiger partial charge on any atom is 0.273 e. The van der Waals surface area contributed by atoms with Crippen LogP contribution >= 0.6 is 12.4 Å². The summed E-state index contributed by atoms with van der Waals surface area (Å²) in [5, 5.41) is 0. The Balaban J connectivity index is 0.00000324. The third kappa shape index (κ3) is 4.64. The Kier molecular flexibility index (Phi) is 6.27. The molecule has 1 aromatic rings. The molecular formula is C10H14ClF3N2O2S. The van der Waals surface area contributed by atoms with E-state index >= 15 is 0 Å². The molecule has 19 heavy (non-hydrogen) atoms. The van der Waals surface area contributed by atoms with Crippen LogP contribution in [0.3, 0.4) is 0 Å². The van der Waals surface area contributed by atoms with Gasteiger partial charge in [0.1, 0.15) is 10.7 Å². The SMILES string of the molecule is Cc1cccc(S(=O)(=O)NCC(F)(F)CN)c1F.Cl. The normalized spacial score (nSPS) is 12.1. The van der Waals surface area contributed by atoms with Crippen LogP contribution in [0.1, 0.15) is 5.56 Å². The summed E-state index contributed by atoms with van der Waals surface area (Å²) in [5.74, 6) is -4.33. The van der Waals surface area contributed by atoms with Gasteiger partial charge in [0.15, 0.2) is 0 Å². The van der Waals surface area contributed by atoms with Crippen molar-refractivity contribution in [2.75, 3.05) is 13.1 Å². The molecule has 0 radical (unpaired) electrons. The molecule has 0 saturated heterocycles. The zero-order valence-electron chi connectivity index (χ0n) is 9.99. The maximum absolute atomic E-state index is 13.6. The van der Waals surface area contributed by atoms with E-state index in [1.165, 1.54) is 19.1 Å². The molecule has 0 aliphatic heterocycles. The fraction of sp³-hybridized carbons (Fsp3) is 0.400. The number of alkyl halides is 2. The third-order valence-corrected chi connectivity index (χ3v) is 3.68. The molecule has 0 amide bonds. The molecule has 1 rings (SSSR count). The Morgan fingerprint density at radius 2 is 1.95 bits per heavy atom. The van der Waals surface area contributed by atoms with Crippen LogP contribution < -0.4 is 10.5 Å². The zero-order chi connectivity index (χ0) is 14.0. The summed E-state index contributed by atoms with van der Waals surface area (Å²) < 4.78 is 64.2. The second-order valence-corrected chi connectivity index (χ2v) is 5.51. The van der Waals surface area contributed by atoms with Gasteiger partial charge >= 0.3 is 0 Å². The zero-order valence-corrected chi connectivity index (χ0v) is 11.6. The third-order valence-electron chi connectivity index (χ3n) is 2.27. The van der Waals surface area contributed by atoms with Gasteiger partial charge in [-0.3, -0.25) is 0 Å².